The van der Waals surface area contributed by atoms with Crippen molar-refractivity contribution < 1.29 is 4.79 Å². The maximum atomic E-state index is 11.3. The second kappa shape index (κ2) is 6.75. The van der Waals surface area contributed by atoms with Crippen LogP contribution in [-0.2, 0) is 11.2 Å². The van der Waals surface area contributed by atoms with Crippen LogP contribution in [0.25, 0.3) is 0 Å². The van der Waals surface area contributed by atoms with E-state index in [2.05, 4.69) is 27.0 Å². The van der Waals surface area contributed by atoms with Gasteiger partial charge in [-0.05, 0) is 29.8 Å². The van der Waals surface area contributed by atoms with Crippen molar-refractivity contribution in [2.24, 2.45) is 4.99 Å². The second-order valence-corrected chi connectivity index (χ2v) is 6.11. The fraction of sp³-hybridized carbons (Fsp3) is 0.235. The number of thioether (sulfide) groups is 1. The summed E-state index contributed by atoms with van der Waals surface area (Å²) >= 11 is 1.53. The Morgan fingerprint density at radius 2 is 2.05 bits per heavy atom. The number of amidine groups is 1. The molecule has 3 rings (SSSR count). The van der Waals surface area contributed by atoms with Gasteiger partial charge in [0.1, 0.15) is 17.4 Å². The summed E-state index contributed by atoms with van der Waals surface area (Å²) in [7, 11) is 2.00. The molecule has 1 aromatic carbocycles. The van der Waals surface area contributed by atoms with Gasteiger partial charge in [-0.25, -0.2) is 9.98 Å². The molecule has 1 aliphatic heterocycles. The maximum Gasteiger partial charge on any atom is 0.166 e. The molecule has 22 heavy (non-hydrogen) atoms. The Kier molecular flexibility index (Phi) is 4.53. The number of aromatic nitrogens is 1. The van der Waals surface area contributed by atoms with E-state index in [1.165, 1.54) is 17.3 Å². The maximum absolute atomic E-state index is 11.3. The summed E-state index contributed by atoms with van der Waals surface area (Å²) in [6, 6.07) is 13.7. The molecule has 1 aromatic heterocycles. The van der Waals surface area contributed by atoms with Crippen molar-refractivity contribution in [2.75, 3.05) is 13.6 Å². The fourth-order valence-electron chi connectivity index (χ4n) is 2.33. The largest absolute Gasteiger partial charge is 0.354 e. The molecule has 2 aromatic rings. The van der Waals surface area contributed by atoms with Crippen molar-refractivity contribution in [2.45, 2.75) is 17.5 Å². The van der Waals surface area contributed by atoms with Crippen molar-refractivity contribution in [1.29, 1.82) is 0 Å². The van der Waals surface area contributed by atoms with E-state index in [1.807, 2.05) is 37.4 Å². The van der Waals surface area contributed by atoms with E-state index in [0.717, 1.165) is 35.0 Å². The number of likely N-dealkylation sites (N-methyl/N-ethyl adjacent to an activating group) is 1. The smallest absolute Gasteiger partial charge is 0.166 e. The van der Waals surface area contributed by atoms with E-state index in [9.17, 15) is 4.79 Å². The number of fused-ring (bicyclic) bond motifs is 1. The number of pyridine rings is 1. The zero-order valence-corrected chi connectivity index (χ0v) is 13.2. The monoisotopic (exact) mass is 311 g/mol. The molecule has 0 saturated heterocycles. The van der Waals surface area contributed by atoms with Gasteiger partial charge in [0.05, 0.1) is 0 Å². The highest BCUT2D eigenvalue weighted by Crippen LogP contribution is 2.34. The van der Waals surface area contributed by atoms with Crippen molar-refractivity contribution in [3.8, 4) is 0 Å². The van der Waals surface area contributed by atoms with E-state index >= 15 is 0 Å². The van der Waals surface area contributed by atoms with Crippen LogP contribution in [0.3, 0.4) is 0 Å². The third-order valence-corrected chi connectivity index (χ3v) is 4.72. The van der Waals surface area contributed by atoms with Crippen molar-refractivity contribution in [1.82, 2.24) is 9.88 Å². The summed E-state index contributed by atoms with van der Waals surface area (Å²) in [4.78, 5) is 22.3. The van der Waals surface area contributed by atoms with Crippen molar-refractivity contribution >= 4 is 23.2 Å². The summed E-state index contributed by atoms with van der Waals surface area (Å²) in [6.07, 6.45) is 3.57. The van der Waals surface area contributed by atoms with Crippen molar-refractivity contribution in [3.63, 3.8) is 0 Å². The van der Waals surface area contributed by atoms with Gasteiger partial charge in [-0.15, -0.1) is 0 Å². The molecular weight excluding hydrogens is 294 g/mol. The van der Waals surface area contributed by atoms with Crippen LogP contribution in [0.15, 0.2) is 58.7 Å². The zero-order valence-electron chi connectivity index (χ0n) is 12.3. The number of hydrogen-bond donors (Lipinski definition) is 0. The highest BCUT2D eigenvalue weighted by molar-refractivity contribution is 8.13. The molecule has 112 valence electrons. The van der Waals surface area contributed by atoms with Gasteiger partial charge in [-0.3, -0.25) is 0 Å². The molecule has 0 aliphatic carbocycles. The third-order valence-electron chi connectivity index (χ3n) is 3.59. The standard InChI is InChI=1S/C17H17N3OS/c1-20(11-9-13-6-3-2-4-7-13)17-19-15(12-21)14-8-5-10-18-16(14)22-17/h2-8,10,12,15H,9,11H2,1H3. The predicted molar refractivity (Wildman–Crippen MR) is 89.1 cm³/mol. The minimum Gasteiger partial charge on any atom is -0.354 e. The topological polar surface area (TPSA) is 45.6 Å². The minimum atomic E-state index is -0.445. The molecule has 2 heterocycles. The molecule has 0 bridgehead atoms. The lowest BCUT2D eigenvalue weighted by Crippen LogP contribution is -2.29. The lowest BCUT2D eigenvalue weighted by Gasteiger charge is -2.26. The van der Waals surface area contributed by atoms with Crippen LogP contribution in [0.2, 0.25) is 0 Å². The average molecular weight is 311 g/mol. The highest BCUT2D eigenvalue weighted by atomic mass is 32.2. The molecule has 5 heteroatoms. The Labute approximate surface area is 134 Å². The number of aldehydes is 1. The molecular formula is C17H17N3OS. The predicted octanol–water partition coefficient (Wildman–Crippen LogP) is 2.96. The number of benzene rings is 1. The molecule has 0 saturated carbocycles. The third kappa shape index (κ3) is 3.20. The first-order chi connectivity index (χ1) is 10.8. The van der Waals surface area contributed by atoms with Gasteiger partial charge in [0.15, 0.2) is 5.17 Å². The van der Waals surface area contributed by atoms with E-state index in [1.54, 1.807) is 6.20 Å². The van der Waals surface area contributed by atoms with Gasteiger partial charge in [0, 0.05) is 25.4 Å². The first kappa shape index (κ1) is 14.8. The van der Waals surface area contributed by atoms with Gasteiger partial charge in [-0.2, -0.15) is 0 Å². The number of nitrogens with zero attached hydrogens (tertiary/aromatic N) is 3. The molecule has 1 aliphatic rings. The molecule has 0 amide bonds. The Balaban J connectivity index is 1.72. The summed E-state index contributed by atoms with van der Waals surface area (Å²) < 4.78 is 0. The van der Waals surface area contributed by atoms with Crippen LogP contribution >= 0.6 is 11.8 Å². The summed E-state index contributed by atoms with van der Waals surface area (Å²) in [5, 5.41) is 1.72. The van der Waals surface area contributed by atoms with Gasteiger partial charge >= 0.3 is 0 Å². The zero-order chi connectivity index (χ0) is 15.4. The summed E-state index contributed by atoms with van der Waals surface area (Å²) in [6.45, 7) is 0.851. The van der Waals surface area contributed by atoms with E-state index in [0.29, 0.717) is 0 Å². The van der Waals surface area contributed by atoms with E-state index < -0.39 is 6.04 Å². The first-order valence-corrected chi connectivity index (χ1v) is 8.00. The molecule has 0 radical (unpaired) electrons. The summed E-state index contributed by atoms with van der Waals surface area (Å²) in [5.74, 6) is 0. The number of hydrogen-bond acceptors (Lipinski definition) is 5. The first-order valence-electron chi connectivity index (χ1n) is 7.19. The summed E-state index contributed by atoms with van der Waals surface area (Å²) in [5.41, 5.74) is 2.18. The SMILES string of the molecule is CN(CCc1ccccc1)C1=NC(C=O)c2cccnc2S1. The lowest BCUT2D eigenvalue weighted by molar-refractivity contribution is -0.109. The molecule has 0 N–H and O–H groups in total. The average Bonchev–Trinajstić information content (AvgIpc) is 2.59. The Morgan fingerprint density at radius 1 is 1.23 bits per heavy atom. The van der Waals surface area contributed by atoms with Gasteiger partial charge < -0.3 is 9.69 Å². The van der Waals surface area contributed by atoms with E-state index in [-0.39, 0.29) is 0 Å². The van der Waals surface area contributed by atoms with Crippen LogP contribution in [0.1, 0.15) is 17.2 Å². The second-order valence-electron chi connectivity index (χ2n) is 5.15. The fourth-order valence-corrected chi connectivity index (χ4v) is 3.34. The van der Waals surface area contributed by atoms with Crippen LogP contribution in [0.5, 0.6) is 0 Å². The number of carbonyl (C=O) groups excluding carboxylic acids is 1. The Morgan fingerprint density at radius 3 is 2.82 bits per heavy atom. The van der Waals surface area contributed by atoms with Crippen LogP contribution in [0, 0.1) is 0 Å². The molecule has 1 unspecified atom stereocenters. The molecule has 1 atom stereocenters. The molecule has 4 nitrogen and oxygen atoms in total. The molecule has 0 fully saturated rings. The normalized spacial score (nSPS) is 16.6. The Bertz CT molecular complexity index is 687. The lowest BCUT2D eigenvalue weighted by atomic mass is 10.1. The quantitative estimate of drug-likeness (QED) is 0.814. The van der Waals surface area contributed by atoms with Crippen LogP contribution < -0.4 is 0 Å². The van der Waals surface area contributed by atoms with Crippen molar-refractivity contribution in [3.05, 3.63) is 59.8 Å². The van der Waals surface area contributed by atoms with Gasteiger partial charge in [0.25, 0.3) is 0 Å². The Hall–Kier alpha value is -2.14. The highest BCUT2D eigenvalue weighted by Gasteiger charge is 2.24. The van der Waals surface area contributed by atoms with Gasteiger partial charge in [0.2, 0.25) is 0 Å². The van der Waals surface area contributed by atoms with E-state index in [4.69, 9.17) is 0 Å². The molecule has 0 spiro atoms. The van der Waals surface area contributed by atoms with Crippen LogP contribution in [-0.4, -0.2) is 34.9 Å². The van der Waals surface area contributed by atoms with Gasteiger partial charge in [-0.1, -0.05) is 36.4 Å². The number of aliphatic imine (C=N–C) groups is 1. The number of carbonyl (C=O) groups is 1. The number of rotatable bonds is 4. The minimum absolute atomic E-state index is 0.445. The van der Waals surface area contributed by atoms with Crippen LogP contribution in [0.4, 0.5) is 0 Å².